The zero-order valence-electron chi connectivity index (χ0n) is 10.4. The second kappa shape index (κ2) is 5.76. The second-order valence-corrected chi connectivity index (χ2v) is 6.17. The highest BCUT2D eigenvalue weighted by Gasteiger charge is 2.05. The van der Waals surface area contributed by atoms with Crippen LogP contribution in [0, 0.1) is 5.82 Å². The third-order valence-corrected chi connectivity index (χ3v) is 4.70. The van der Waals surface area contributed by atoms with Gasteiger partial charge < -0.3 is 4.98 Å². The van der Waals surface area contributed by atoms with Crippen molar-refractivity contribution in [2.45, 2.75) is 11.5 Å². The lowest BCUT2D eigenvalue weighted by atomic mass is 10.2. The number of nitrogens with one attached hydrogen (secondary N) is 1. The molecular weight excluding hydrogens is 295 g/mol. The highest BCUT2D eigenvalue weighted by molar-refractivity contribution is 7.97. The van der Waals surface area contributed by atoms with Crippen molar-refractivity contribution in [1.29, 1.82) is 0 Å². The highest BCUT2D eigenvalue weighted by atomic mass is 32.2. The summed E-state index contributed by atoms with van der Waals surface area (Å²) in [7, 11) is 0. The number of hydrogen-bond acceptors (Lipinski definition) is 4. The van der Waals surface area contributed by atoms with Crippen LogP contribution in [0.4, 0.5) is 4.39 Å². The molecule has 20 heavy (non-hydrogen) atoms. The topological polar surface area (TPSA) is 45.8 Å². The average molecular weight is 306 g/mol. The summed E-state index contributed by atoms with van der Waals surface area (Å²) in [6, 6.07) is 8.28. The van der Waals surface area contributed by atoms with Gasteiger partial charge in [0.2, 0.25) is 0 Å². The van der Waals surface area contributed by atoms with E-state index in [1.807, 2.05) is 11.4 Å². The maximum Gasteiger partial charge on any atom is 0.268 e. The summed E-state index contributed by atoms with van der Waals surface area (Å²) in [6.45, 7) is 0. The molecule has 1 N–H and O–H groups in total. The van der Waals surface area contributed by atoms with Gasteiger partial charge in [0.15, 0.2) is 0 Å². The SMILES string of the molecule is O=c1[nH]c(CSCc2ccc(F)cc2)nc2ccsc12. The van der Waals surface area contributed by atoms with Gasteiger partial charge >= 0.3 is 0 Å². The van der Waals surface area contributed by atoms with Gasteiger partial charge in [-0.3, -0.25) is 4.79 Å². The van der Waals surface area contributed by atoms with E-state index in [2.05, 4.69) is 9.97 Å². The number of aromatic amines is 1. The first-order chi connectivity index (χ1) is 9.72. The lowest BCUT2D eigenvalue weighted by Gasteiger charge is -2.02. The van der Waals surface area contributed by atoms with Crippen LogP contribution in [0.15, 0.2) is 40.5 Å². The molecule has 6 heteroatoms. The average Bonchev–Trinajstić information content (AvgIpc) is 2.90. The molecule has 0 aliphatic heterocycles. The molecule has 0 atom stereocenters. The molecule has 3 nitrogen and oxygen atoms in total. The predicted molar refractivity (Wildman–Crippen MR) is 81.6 cm³/mol. The Morgan fingerprint density at radius 3 is 2.80 bits per heavy atom. The predicted octanol–water partition coefficient (Wildman–Crippen LogP) is 3.56. The van der Waals surface area contributed by atoms with Gasteiger partial charge in [-0.15, -0.1) is 23.1 Å². The van der Waals surface area contributed by atoms with Crippen LogP contribution in [0.5, 0.6) is 0 Å². The lowest BCUT2D eigenvalue weighted by Crippen LogP contribution is -2.09. The Morgan fingerprint density at radius 2 is 2.00 bits per heavy atom. The van der Waals surface area contributed by atoms with E-state index in [1.165, 1.54) is 23.5 Å². The normalized spacial score (nSPS) is 11.1. The van der Waals surface area contributed by atoms with Gasteiger partial charge in [0.25, 0.3) is 5.56 Å². The molecule has 3 aromatic rings. The molecule has 0 aliphatic carbocycles. The minimum absolute atomic E-state index is 0.0811. The molecule has 0 saturated carbocycles. The molecule has 0 saturated heterocycles. The summed E-state index contributed by atoms with van der Waals surface area (Å²) in [5.41, 5.74) is 1.72. The van der Waals surface area contributed by atoms with Crippen LogP contribution in [-0.2, 0) is 11.5 Å². The van der Waals surface area contributed by atoms with Crippen LogP contribution in [0.25, 0.3) is 10.2 Å². The van der Waals surface area contributed by atoms with Crippen molar-refractivity contribution < 1.29 is 4.39 Å². The van der Waals surface area contributed by atoms with Gasteiger partial charge in [-0.25, -0.2) is 9.37 Å². The third kappa shape index (κ3) is 2.91. The van der Waals surface area contributed by atoms with E-state index >= 15 is 0 Å². The number of H-pyrrole nitrogens is 1. The number of rotatable bonds is 4. The van der Waals surface area contributed by atoms with E-state index in [0.717, 1.165) is 16.8 Å². The smallest absolute Gasteiger partial charge is 0.268 e. The standard InChI is InChI=1S/C14H11FN2OS2/c15-10-3-1-9(2-4-10)7-19-8-12-16-11-5-6-20-13(11)14(18)17-12/h1-6H,7-8H2,(H,16,17,18). The molecule has 2 aromatic heterocycles. The van der Waals surface area contributed by atoms with Crippen molar-refractivity contribution in [3.05, 3.63) is 63.3 Å². The fourth-order valence-corrected chi connectivity index (χ4v) is 3.42. The van der Waals surface area contributed by atoms with Crippen LogP contribution in [0.3, 0.4) is 0 Å². The van der Waals surface area contributed by atoms with E-state index in [9.17, 15) is 9.18 Å². The van der Waals surface area contributed by atoms with Gasteiger partial charge in [-0.2, -0.15) is 0 Å². The number of hydrogen-bond donors (Lipinski definition) is 1. The molecule has 2 heterocycles. The van der Waals surface area contributed by atoms with Crippen molar-refractivity contribution >= 4 is 33.3 Å². The molecule has 3 rings (SSSR count). The zero-order valence-corrected chi connectivity index (χ0v) is 12.1. The van der Waals surface area contributed by atoms with Crippen LogP contribution in [-0.4, -0.2) is 9.97 Å². The lowest BCUT2D eigenvalue weighted by molar-refractivity contribution is 0.627. The van der Waals surface area contributed by atoms with Gasteiger partial charge in [0.05, 0.1) is 11.3 Å². The van der Waals surface area contributed by atoms with Crippen molar-refractivity contribution in [1.82, 2.24) is 9.97 Å². The van der Waals surface area contributed by atoms with Gasteiger partial charge in [0.1, 0.15) is 16.3 Å². The maximum absolute atomic E-state index is 12.8. The molecule has 0 spiro atoms. The Balaban J connectivity index is 1.67. The summed E-state index contributed by atoms with van der Waals surface area (Å²) >= 11 is 3.03. The van der Waals surface area contributed by atoms with Gasteiger partial charge in [-0.1, -0.05) is 12.1 Å². The number of halogens is 1. The fraction of sp³-hybridized carbons (Fsp3) is 0.143. The minimum atomic E-state index is -0.229. The first-order valence-corrected chi connectivity index (χ1v) is 8.04. The number of aromatic nitrogens is 2. The summed E-state index contributed by atoms with van der Waals surface area (Å²) < 4.78 is 13.4. The molecular formula is C14H11FN2OS2. The summed E-state index contributed by atoms with van der Waals surface area (Å²) in [5, 5.41) is 1.86. The van der Waals surface area contributed by atoms with E-state index < -0.39 is 0 Å². The van der Waals surface area contributed by atoms with Crippen LogP contribution in [0.2, 0.25) is 0 Å². The number of fused-ring (bicyclic) bond motifs is 1. The fourth-order valence-electron chi connectivity index (χ4n) is 1.84. The quantitative estimate of drug-likeness (QED) is 0.801. The van der Waals surface area contributed by atoms with Crippen LogP contribution >= 0.6 is 23.1 Å². The largest absolute Gasteiger partial charge is 0.309 e. The van der Waals surface area contributed by atoms with Crippen molar-refractivity contribution in [3.63, 3.8) is 0 Å². The number of nitrogens with zero attached hydrogens (tertiary/aromatic N) is 1. The number of thioether (sulfide) groups is 1. The van der Waals surface area contributed by atoms with Gasteiger partial charge in [0, 0.05) is 5.75 Å². The summed E-state index contributed by atoms with van der Waals surface area (Å²) in [4.78, 5) is 19.0. The molecule has 0 fully saturated rings. The molecule has 102 valence electrons. The van der Waals surface area contributed by atoms with Crippen molar-refractivity contribution in [2.75, 3.05) is 0 Å². The molecule has 0 unspecified atom stereocenters. The Morgan fingerprint density at radius 1 is 1.20 bits per heavy atom. The highest BCUT2D eigenvalue weighted by Crippen LogP contribution is 2.18. The molecule has 0 amide bonds. The van der Waals surface area contributed by atoms with E-state index in [0.29, 0.717) is 16.3 Å². The van der Waals surface area contributed by atoms with E-state index in [-0.39, 0.29) is 11.4 Å². The monoisotopic (exact) mass is 306 g/mol. The minimum Gasteiger partial charge on any atom is -0.309 e. The molecule has 0 bridgehead atoms. The Labute approximate surface area is 122 Å². The number of benzene rings is 1. The zero-order chi connectivity index (χ0) is 13.9. The van der Waals surface area contributed by atoms with Crippen LogP contribution in [0.1, 0.15) is 11.4 Å². The van der Waals surface area contributed by atoms with Crippen LogP contribution < -0.4 is 5.56 Å². The maximum atomic E-state index is 12.8. The Kier molecular flexibility index (Phi) is 3.84. The molecule has 0 radical (unpaired) electrons. The Hall–Kier alpha value is -1.66. The first-order valence-electron chi connectivity index (χ1n) is 6.01. The molecule has 1 aromatic carbocycles. The van der Waals surface area contributed by atoms with E-state index in [4.69, 9.17) is 0 Å². The van der Waals surface area contributed by atoms with Crippen molar-refractivity contribution in [2.24, 2.45) is 0 Å². The number of thiophene rings is 1. The summed E-state index contributed by atoms with van der Waals surface area (Å²) in [6.07, 6.45) is 0. The summed E-state index contributed by atoms with van der Waals surface area (Å²) in [5.74, 6) is 1.82. The Bertz CT molecular complexity index is 780. The molecule has 0 aliphatic rings. The third-order valence-electron chi connectivity index (χ3n) is 2.78. The second-order valence-electron chi connectivity index (χ2n) is 4.27. The van der Waals surface area contributed by atoms with Gasteiger partial charge in [-0.05, 0) is 29.1 Å². The van der Waals surface area contributed by atoms with Crippen molar-refractivity contribution in [3.8, 4) is 0 Å². The first kappa shape index (κ1) is 13.3. The van der Waals surface area contributed by atoms with E-state index in [1.54, 1.807) is 23.9 Å².